The molecule has 0 bridgehead atoms. The second kappa shape index (κ2) is 8.14. The first kappa shape index (κ1) is 24.1. The molecule has 194 valence electrons. The van der Waals surface area contributed by atoms with Gasteiger partial charge in [-0.2, -0.15) is 13.2 Å². The fourth-order valence-corrected chi connectivity index (χ4v) is 5.44. The van der Waals surface area contributed by atoms with Gasteiger partial charge in [-0.25, -0.2) is 14.4 Å². The molecule has 6 nitrogen and oxygen atoms in total. The molecule has 0 radical (unpaired) electrons. The standard InChI is InChI=1S/C28H23F4N5O/c1-27(2)8-9-36-25-20(35-26(27)36)11-16(13-34-25)22-19-12-17(28(30,31)32)6-7-21(19)37(23(22)24(33)38)14-15-4-3-5-18(29)10-15/h3-7,10-13H,8-9,14H2,1-2H3,(H2,33,38). The van der Waals surface area contributed by atoms with Gasteiger partial charge in [0.05, 0.1) is 5.56 Å². The van der Waals surface area contributed by atoms with Crippen LogP contribution in [0.15, 0.2) is 54.7 Å². The predicted molar refractivity (Wildman–Crippen MR) is 135 cm³/mol. The highest BCUT2D eigenvalue weighted by molar-refractivity contribution is 6.10. The summed E-state index contributed by atoms with van der Waals surface area (Å²) in [5.74, 6) is -0.403. The van der Waals surface area contributed by atoms with Crippen molar-refractivity contribution in [1.29, 1.82) is 0 Å². The Morgan fingerprint density at radius 1 is 1.13 bits per heavy atom. The number of aromatic nitrogens is 4. The average Bonchev–Trinajstić information content (AvgIpc) is 3.47. The summed E-state index contributed by atoms with van der Waals surface area (Å²) >= 11 is 0. The van der Waals surface area contributed by atoms with Crippen LogP contribution in [0.4, 0.5) is 17.6 Å². The molecular weight excluding hydrogens is 498 g/mol. The van der Waals surface area contributed by atoms with E-state index in [4.69, 9.17) is 10.7 Å². The molecule has 0 spiro atoms. The van der Waals surface area contributed by atoms with Crippen molar-refractivity contribution >= 4 is 28.0 Å². The number of carbonyl (C=O) groups excluding carboxylic acids is 1. The van der Waals surface area contributed by atoms with Crippen LogP contribution in [0.2, 0.25) is 0 Å². The van der Waals surface area contributed by atoms with Gasteiger partial charge in [0.2, 0.25) is 0 Å². The summed E-state index contributed by atoms with van der Waals surface area (Å²) < 4.78 is 58.6. The summed E-state index contributed by atoms with van der Waals surface area (Å²) in [4.78, 5) is 22.2. The molecule has 2 N–H and O–H groups in total. The van der Waals surface area contributed by atoms with E-state index in [0.717, 1.165) is 30.9 Å². The number of aryl methyl sites for hydroxylation is 1. The molecule has 6 rings (SSSR count). The molecule has 2 aromatic carbocycles. The van der Waals surface area contributed by atoms with Crippen LogP contribution >= 0.6 is 0 Å². The number of hydrogen-bond donors (Lipinski definition) is 1. The van der Waals surface area contributed by atoms with Crippen molar-refractivity contribution in [2.45, 2.75) is 44.9 Å². The molecule has 0 saturated carbocycles. The van der Waals surface area contributed by atoms with E-state index in [1.54, 1.807) is 12.1 Å². The fourth-order valence-electron chi connectivity index (χ4n) is 5.44. The van der Waals surface area contributed by atoms with E-state index in [0.29, 0.717) is 27.8 Å². The van der Waals surface area contributed by atoms with Gasteiger partial charge in [0.25, 0.3) is 5.91 Å². The summed E-state index contributed by atoms with van der Waals surface area (Å²) in [6.45, 7) is 4.99. The molecule has 3 aromatic heterocycles. The first-order chi connectivity index (χ1) is 17.9. The minimum absolute atomic E-state index is 0.0109. The Labute approximate surface area is 214 Å². The van der Waals surface area contributed by atoms with Crippen molar-refractivity contribution in [3.63, 3.8) is 0 Å². The lowest BCUT2D eigenvalue weighted by atomic mass is 9.91. The third-order valence-corrected chi connectivity index (χ3v) is 7.29. The number of alkyl halides is 3. The molecule has 0 fully saturated rings. The molecule has 0 atom stereocenters. The predicted octanol–water partition coefficient (Wildman–Crippen LogP) is 6.04. The summed E-state index contributed by atoms with van der Waals surface area (Å²) in [6.07, 6.45) is -2.13. The van der Waals surface area contributed by atoms with E-state index in [-0.39, 0.29) is 28.6 Å². The van der Waals surface area contributed by atoms with Crippen LogP contribution in [0.1, 0.15) is 47.7 Å². The van der Waals surface area contributed by atoms with Crippen molar-refractivity contribution in [2.75, 3.05) is 0 Å². The Balaban J connectivity index is 1.63. The van der Waals surface area contributed by atoms with E-state index in [1.807, 2.05) is 4.57 Å². The molecule has 1 amide bonds. The first-order valence-corrected chi connectivity index (χ1v) is 12.1. The Morgan fingerprint density at radius 2 is 1.92 bits per heavy atom. The highest BCUT2D eigenvalue weighted by Gasteiger charge is 2.35. The zero-order chi connectivity index (χ0) is 27.0. The highest BCUT2D eigenvalue weighted by atomic mass is 19.4. The van der Waals surface area contributed by atoms with E-state index < -0.39 is 23.5 Å². The average molecular weight is 522 g/mol. The third-order valence-electron chi connectivity index (χ3n) is 7.29. The van der Waals surface area contributed by atoms with Gasteiger partial charge < -0.3 is 14.9 Å². The number of halogens is 4. The molecular formula is C28H23F4N5O. The number of amides is 1. The second-order valence-electron chi connectivity index (χ2n) is 10.3. The number of primary amides is 1. The van der Waals surface area contributed by atoms with Gasteiger partial charge in [0, 0.05) is 46.7 Å². The van der Waals surface area contributed by atoms with Gasteiger partial charge in [-0.1, -0.05) is 26.0 Å². The zero-order valence-electron chi connectivity index (χ0n) is 20.6. The van der Waals surface area contributed by atoms with Crippen molar-refractivity contribution in [3.05, 3.63) is 83.2 Å². The number of fused-ring (bicyclic) bond motifs is 4. The largest absolute Gasteiger partial charge is 0.416 e. The zero-order valence-corrected chi connectivity index (χ0v) is 20.6. The minimum Gasteiger partial charge on any atom is -0.364 e. The number of pyridine rings is 1. The summed E-state index contributed by atoms with van der Waals surface area (Å²) in [5, 5.41) is 0.193. The molecule has 1 aliphatic heterocycles. The third kappa shape index (κ3) is 3.74. The van der Waals surface area contributed by atoms with Crippen molar-refractivity contribution in [1.82, 2.24) is 19.1 Å². The number of nitrogens with two attached hydrogens (primary N) is 1. The van der Waals surface area contributed by atoms with Crippen LogP contribution in [-0.2, 0) is 24.7 Å². The van der Waals surface area contributed by atoms with E-state index in [9.17, 15) is 22.4 Å². The van der Waals surface area contributed by atoms with Crippen molar-refractivity contribution in [3.8, 4) is 11.1 Å². The van der Waals surface area contributed by atoms with E-state index >= 15 is 0 Å². The van der Waals surface area contributed by atoms with Gasteiger partial charge in [0.1, 0.15) is 22.9 Å². The highest BCUT2D eigenvalue weighted by Crippen LogP contribution is 2.41. The molecule has 0 unspecified atom stereocenters. The topological polar surface area (TPSA) is 78.7 Å². The number of hydrogen-bond acceptors (Lipinski definition) is 3. The molecule has 1 aliphatic rings. The van der Waals surface area contributed by atoms with Crippen molar-refractivity contribution in [2.24, 2.45) is 5.73 Å². The number of benzene rings is 2. The smallest absolute Gasteiger partial charge is 0.364 e. The normalized spacial score (nSPS) is 14.9. The lowest BCUT2D eigenvalue weighted by Gasteiger charge is -2.13. The maximum Gasteiger partial charge on any atom is 0.416 e. The molecule has 5 aromatic rings. The van der Waals surface area contributed by atoms with Crippen LogP contribution in [-0.4, -0.2) is 25.0 Å². The molecule has 0 saturated heterocycles. The molecule has 10 heteroatoms. The molecule has 38 heavy (non-hydrogen) atoms. The van der Waals surface area contributed by atoms with Crippen LogP contribution in [0.5, 0.6) is 0 Å². The lowest BCUT2D eigenvalue weighted by molar-refractivity contribution is -0.137. The fraction of sp³-hybridized carbons (Fsp3) is 0.250. The molecule has 0 aliphatic carbocycles. The monoisotopic (exact) mass is 521 g/mol. The molecule has 4 heterocycles. The van der Waals surface area contributed by atoms with E-state index in [2.05, 4.69) is 18.8 Å². The van der Waals surface area contributed by atoms with Crippen molar-refractivity contribution < 1.29 is 22.4 Å². The second-order valence-corrected chi connectivity index (χ2v) is 10.3. The van der Waals surface area contributed by atoms with Gasteiger partial charge in [-0.15, -0.1) is 0 Å². The van der Waals surface area contributed by atoms with Crippen LogP contribution in [0.3, 0.4) is 0 Å². The van der Waals surface area contributed by atoms with E-state index in [1.165, 1.54) is 35.0 Å². The Kier molecular flexibility index (Phi) is 5.17. The minimum atomic E-state index is -4.60. The van der Waals surface area contributed by atoms with Gasteiger partial charge in [-0.3, -0.25) is 4.79 Å². The Morgan fingerprint density at radius 3 is 2.63 bits per heavy atom. The number of nitrogens with zero attached hydrogens (tertiary/aromatic N) is 4. The maximum atomic E-state index is 13.9. The Hall–Kier alpha value is -4.21. The maximum absolute atomic E-state index is 13.9. The van der Waals surface area contributed by atoms with Crippen LogP contribution in [0, 0.1) is 5.82 Å². The van der Waals surface area contributed by atoms with Crippen LogP contribution in [0.25, 0.3) is 33.2 Å². The van der Waals surface area contributed by atoms with Crippen LogP contribution < -0.4 is 5.73 Å². The SMILES string of the molecule is CC1(C)CCn2c1nc1cc(-c3c(C(N)=O)n(Cc4cccc(F)c4)c4ccc(C(F)(F)F)cc34)cnc12. The number of carbonyl (C=O) groups is 1. The van der Waals surface area contributed by atoms with Gasteiger partial charge >= 0.3 is 6.18 Å². The summed E-state index contributed by atoms with van der Waals surface area (Å²) in [6, 6.07) is 10.8. The quantitative estimate of drug-likeness (QED) is 0.293. The van der Waals surface area contributed by atoms with Gasteiger partial charge in [0.15, 0.2) is 5.65 Å². The number of imidazole rings is 1. The number of rotatable bonds is 4. The summed E-state index contributed by atoms with van der Waals surface area (Å²) in [7, 11) is 0. The first-order valence-electron chi connectivity index (χ1n) is 12.1. The Bertz CT molecular complexity index is 1760. The lowest BCUT2D eigenvalue weighted by Crippen LogP contribution is -2.18. The summed E-state index contributed by atoms with van der Waals surface area (Å²) in [5.41, 5.74) is 7.65. The van der Waals surface area contributed by atoms with Gasteiger partial charge in [-0.05, 0) is 48.4 Å².